The molecule has 6 nitrogen and oxygen atoms in total. The largest absolute Gasteiger partial charge is 0.496 e. The van der Waals surface area contributed by atoms with Crippen LogP contribution in [0.5, 0.6) is 5.75 Å². The Morgan fingerprint density at radius 1 is 1.25 bits per heavy atom. The lowest BCUT2D eigenvalue weighted by Gasteiger charge is -2.34. The summed E-state index contributed by atoms with van der Waals surface area (Å²) in [6, 6.07) is 5.48. The van der Waals surface area contributed by atoms with E-state index in [1.807, 2.05) is 18.7 Å². The van der Waals surface area contributed by atoms with Gasteiger partial charge in [0.1, 0.15) is 5.75 Å². The van der Waals surface area contributed by atoms with Gasteiger partial charge in [0.15, 0.2) is 0 Å². The molecule has 2 rings (SSSR count). The Bertz CT molecular complexity index is 599. The van der Waals surface area contributed by atoms with Crippen molar-refractivity contribution in [1.29, 1.82) is 0 Å². The van der Waals surface area contributed by atoms with Crippen molar-refractivity contribution in [2.24, 2.45) is 0 Å². The molecular formula is C17H24BrN3O3. The zero-order chi connectivity index (χ0) is 17.7. The molecule has 0 atom stereocenters. The fourth-order valence-corrected chi connectivity index (χ4v) is 3.20. The van der Waals surface area contributed by atoms with Gasteiger partial charge in [0.2, 0.25) is 5.91 Å². The topological polar surface area (TPSA) is 61.9 Å². The van der Waals surface area contributed by atoms with E-state index in [1.165, 1.54) is 0 Å². The van der Waals surface area contributed by atoms with Crippen molar-refractivity contribution in [2.75, 3.05) is 39.8 Å². The van der Waals surface area contributed by atoms with E-state index in [9.17, 15) is 9.59 Å². The van der Waals surface area contributed by atoms with Crippen LogP contribution < -0.4 is 10.1 Å². The first-order valence-corrected chi connectivity index (χ1v) is 8.84. The van der Waals surface area contributed by atoms with E-state index >= 15 is 0 Å². The van der Waals surface area contributed by atoms with Crippen molar-refractivity contribution >= 4 is 27.7 Å². The van der Waals surface area contributed by atoms with Gasteiger partial charge in [-0.15, -0.1) is 0 Å². The van der Waals surface area contributed by atoms with Crippen LogP contribution in [0.3, 0.4) is 0 Å². The van der Waals surface area contributed by atoms with Gasteiger partial charge < -0.3 is 15.0 Å². The van der Waals surface area contributed by atoms with E-state index < -0.39 is 0 Å². The van der Waals surface area contributed by atoms with E-state index in [4.69, 9.17) is 4.74 Å². The maximum absolute atomic E-state index is 12.6. The number of nitrogens with zero attached hydrogens (tertiary/aromatic N) is 2. The first kappa shape index (κ1) is 18.7. The second-order valence-electron chi connectivity index (χ2n) is 6.14. The van der Waals surface area contributed by atoms with Gasteiger partial charge >= 0.3 is 0 Å². The average molecular weight is 398 g/mol. The van der Waals surface area contributed by atoms with Crippen molar-refractivity contribution in [3.05, 3.63) is 28.2 Å². The van der Waals surface area contributed by atoms with E-state index in [0.29, 0.717) is 44.0 Å². The van der Waals surface area contributed by atoms with E-state index in [1.54, 1.807) is 25.3 Å². The molecule has 1 heterocycles. The molecule has 1 aromatic carbocycles. The Kier molecular flexibility index (Phi) is 6.62. The van der Waals surface area contributed by atoms with Crippen LogP contribution >= 0.6 is 15.9 Å². The third kappa shape index (κ3) is 4.95. The molecule has 0 radical (unpaired) electrons. The fourth-order valence-electron chi connectivity index (χ4n) is 2.66. The van der Waals surface area contributed by atoms with Gasteiger partial charge in [0.05, 0.1) is 18.1 Å². The van der Waals surface area contributed by atoms with Crippen LogP contribution in [0.2, 0.25) is 0 Å². The van der Waals surface area contributed by atoms with Crippen molar-refractivity contribution in [2.45, 2.75) is 19.9 Å². The second-order valence-corrected chi connectivity index (χ2v) is 6.99. The molecule has 1 aliphatic heterocycles. The Labute approximate surface area is 151 Å². The van der Waals surface area contributed by atoms with Crippen LogP contribution in [-0.2, 0) is 4.79 Å². The second kappa shape index (κ2) is 8.48. The maximum atomic E-state index is 12.6. The summed E-state index contributed by atoms with van der Waals surface area (Å²) in [6.45, 7) is 6.93. The smallest absolute Gasteiger partial charge is 0.253 e. The molecule has 132 valence electrons. The Hall–Kier alpha value is -1.60. The van der Waals surface area contributed by atoms with Gasteiger partial charge in [-0.2, -0.15) is 0 Å². The normalized spacial score (nSPS) is 15.5. The minimum absolute atomic E-state index is 0.00429. The Morgan fingerprint density at radius 2 is 1.92 bits per heavy atom. The number of benzene rings is 1. The number of hydrogen-bond donors (Lipinski definition) is 1. The average Bonchev–Trinajstić information content (AvgIpc) is 2.54. The number of halogens is 1. The highest BCUT2D eigenvalue weighted by molar-refractivity contribution is 9.10. The maximum Gasteiger partial charge on any atom is 0.253 e. The van der Waals surface area contributed by atoms with Crippen LogP contribution in [0.1, 0.15) is 24.2 Å². The summed E-state index contributed by atoms with van der Waals surface area (Å²) in [7, 11) is 1.59. The van der Waals surface area contributed by atoms with Crippen LogP contribution in [-0.4, -0.2) is 67.5 Å². The van der Waals surface area contributed by atoms with Gasteiger partial charge in [0, 0.05) is 37.8 Å². The SMILES string of the molecule is COc1ccc(C(=O)N2CCN(CC(=O)NC(C)C)CC2)cc1Br. The summed E-state index contributed by atoms with van der Waals surface area (Å²) < 4.78 is 5.95. The van der Waals surface area contributed by atoms with Gasteiger partial charge in [-0.1, -0.05) is 0 Å². The number of nitrogens with one attached hydrogen (secondary N) is 1. The highest BCUT2D eigenvalue weighted by Crippen LogP contribution is 2.26. The number of carbonyl (C=O) groups excluding carboxylic acids is 2. The Balaban J connectivity index is 1.88. The molecule has 0 bridgehead atoms. The standard InChI is InChI=1S/C17H24BrN3O3/c1-12(2)19-16(22)11-20-6-8-21(9-7-20)17(23)13-4-5-15(24-3)14(18)10-13/h4-5,10,12H,6-9,11H2,1-3H3,(H,19,22). The molecule has 0 spiro atoms. The van der Waals surface area contributed by atoms with Gasteiger partial charge in [-0.05, 0) is 48.0 Å². The molecule has 24 heavy (non-hydrogen) atoms. The molecule has 2 amide bonds. The zero-order valence-corrected chi connectivity index (χ0v) is 15.9. The number of ether oxygens (including phenoxy) is 1. The van der Waals surface area contributed by atoms with Crippen molar-refractivity contribution in [3.8, 4) is 5.75 Å². The first-order chi connectivity index (χ1) is 11.4. The van der Waals surface area contributed by atoms with Crippen molar-refractivity contribution < 1.29 is 14.3 Å². The molecule has 7 heteroatoms. The van der Waals surface area contributed by atoms with E-state index in [2.05, 4.69) is 26.1 Å². The molecule has 1 saturated heterocycles. The summed E-state index contributed by atoms with van der Waals surface area (Å²) in [6.07, 6.45) is 0. The monoisotopic (exact) mass is 397 g/mol. The van der Waals surface area contributed by atoms with Gasteiger partial charge in [0.25, 0.3) is 5.91 Å². The molecule has 1 fully saturated rings. The van der Waals surface area contributed by atoms with Gasteiger partial charge in [-0.25, -0.2) is 0 Å². The predicted molar refractivity (Wildman–Crippen MR) is 96.3 cm³/mol. The summed E-state index contributed by atoms with van der Waals surface area (Å²) in [5, 5.41) is 2.89. The lowest BCUT2D eigenvalue weighted by Crippen LogP contribution is -2.51. The van der Waals surface area contributed by atoms with Crippen LogP contribution in [0, 0.1) is 0 Å². The number of hydrogen-bond acceptors (Lipinski definition) is 4. The molecule has 0 aliphatic carbocycles. The number of piperazine rings is 1. The summed E-state index contributed by atoms with van der Waals surface area (Å²) in [5.41, 5.74) is 0.633. The third-order valence-electron chi connectivity index (χ3n) is 3.88. The number of rotatable bonds is 5. The number of amides is 2. The quantitative estimate of drug-likeness (QED) is 0.821. The fraction of sp³-hybridized carbons (Fsp3) is 0.529. The Morgan fingerprint density at radius 3 is 2.46 bits per heavy atom. The molecule has 1 N–H and O–H groups in total. The van der Waals surface area contributed by atoms with Gasteiger partial charge in [-0.3, -0.25) is 14.5 Å². The minimum atomic E-state index is 0.00429. The lowest BCUT2D eigenvalue weighted by molar-refractivity contribution is -0.123. The van der Waals surface area contributed by atoms with Crippen molar-refractivity contribution in [1.82, 2.24) is 15.1 Å². The first-order valence-electron chi connectivity index (χ1n) is 8.05. The van der Waals surface area contributed by atoms with E-state index in [0.717, 1.165) is 4.47 Å². The van der Waals surface area contributed by atoms with E-state index in [-0.39, 0.29) is 17.9 Å². The zero-order valence-electron chi connectivity index (χ0n) is 14.3. The molecule has 1 aromatic rings. The van der Waals surface area contributed by atoms with Crippen LogP contribution in [0.15, 0.2) is 22.7 Å². The molecule has 0 aromatic heterocycles. The molecule has 0 unspecified atom stereocenters. The predicted octanol–water partition coefficient (Wildman–Crippen LogP) is 1.74. The third-order valence-corrected chi connectivity index (χ3v) is 4.49. The molecule has 1 aliphatic rings. The highest BCUT2D eigenvalue weighted by atomic mass is 79.9. The summed E-state index contributed by atoms with van der Waals surface area (Å²) in [4.78, 5) is 28.3. The van der Waals surface area contributed by atoms with Crippen LogP contribution in [0.25, 0.3) is 0 Å². The lowest BCUT2D eigenvalue weighted by atomic mass is 10.1. The molecule has 0 saturated carbocycles. The van der Waals surface area contributed by atoms with Crippen LogP contribution in [0.4, 0.5) is 0 Å². The summed E-state index contributed by atoms with van der Waals surface area (Å²) in [5.74, 6) is 0.737. The number of carbonyl (C=O) groups is 2. The molecular weight excluding hydrogens is 374 g/mol. The number of methoxy groups -OCH3 is 1. The summed E-state index contributed by atoms with van der Waals surface area (Å²) >= 11 is 3.41. The van der Waals surface area contributed by atoms with Crippen molar-refractivity contribution in [3.63, 3.8) is 0 Å². The minimum Gasteiger partial charge on any atom is -0.496 e. The highest BCUT2D eigenvalue weighted by Gasteiger charge is 2.23.